The van der Waals surface area contributed by atoms with E-state index in [-0.39, 0.29) is 30.8 Å². The van der Waals surface area contributed by atoms with E-state index in [1.54, 1.807) is 6.07 Å². The molecule has 0 saturated heterocycles. The van der Waals surface area contributed by atoms with Gasteiger partial charge in [0.2, 0.25) is 0 Å². The summed E-state index contributed by atoms with van der Waals surface area (Å²) in [5.41, 5.74) is 2.06. The van der Waals surface area contributed by atoms with Crippen molar-refractivity contribution in [1.29, 1.82) is 0 Å². The molecule has 4 heteroatoms. The van der Waals surface area contributed by atoms with Crippen LogP contribution in [0.15, 0.2) is 54.6 Å². The fourth-order valence-electron chi connectivity index (χ4n) is 2.16. The third kappa shape index (κ3) is 4.53. The van der Waals surface area contributed by atoms with Crippen LogP contribution in [0.1, 0.15) is 17.2 Å². The number of phenolic OH excluding ortho intramolecular Hbond substituents is 1. The summed E-state index contributed by atoms with van der Waals surface area (Å²) in [5, 5.41) is 22.2. The molecule has 0 bridgehead atoms. The van der Waals surface area contributed by atoms with E-state index in [9.17, 15) is 5.11 Å². The molecule has 3 N–H and O–H groups in total. The van der Waals surface area contributed by atoms with Crippen LogP contribution in [0, 0.1) is 0 Å². The second-order valence-corrected chi connectivity index (χ2v) is 4.48. The molecule has 0 heterocycles. The van der Waals surface area contributed by atoms with Crippen LogP contribution in [0.25, 0.3) is 0 Å². The number of aromatic hydroxyl groups is 1. The maximum Gasteiger partial charge on any atom is 0.120 e. The average molecular weight is 294 g/mol. The first kappa shape index (κ1) is 16.5. The van der Waals surface area contributed by atoms with Gasteiger partial charge in [-0.3, -0.25) is 0 Å². The Morgan fingerprint density at radius 3 is 2.25 bits per heavy atom. The molecular weight excluding hydrogens is 274 g/mol. The molecular formula is C16H20ClNO2. The summed E-state index contributed by atoms with van der Waals surface area (Å²) in [5.74, 6) is 0.286. The van der Waals surface area contributed by atoms with Gasteiger partial charge in [-0.25, -0.2) is 0 Å². The number of hydrogen-bond acceptors (Lipinski definition) is 3. The zero-order valence-electron chi connectivity index (χ0n) is 11.2. The summed E-state index contributed by atoms with van der Waals surface area (Å²) in [6.45, 7) is 0.588. The molecule has 0 aromatic heterocycles. The molecule has 2 rings (SSSR count). The number of aliphatic hydroxyl groups is 1. The van der Waals surface area contributed by atoms with Gasteiger partial charge < -0.3 is 15.5 Å². The number of hydrogen-bond donors (Lipinski definition) is 3. The van der Waals surface area contributed by atoms with Crippen molar-refractivity contribution in [2.75, 3.05) is 13.2 Å². The van der Waals surface area contributed by atoms with Crippen molar-refractivity contribution in [3.8, 4) is 5.75 Å². The molecule has 2 aromatic rings. The third-order valence-electron chi connectivity index (χ3n) is 3.10. The van der Waals surface area contributed by atoms with E-state index in [1.807, 2.05) is 36.4 Å². The van der Waals surface area contributed by atoms with Crippen LogP contribution >= 0.6 is 12.4 Å². The molecule has 3 nitrogen and oxygen atoms in total. The molecule has 1 unspecified atom stereocenters. The third-order valence-corrected chi connectivity index (χ3v) is 3.10. The van der Waals surface area contributed by atoms with Crippen molar-refractivity contribution < 1.29 is 10.2 Å². The summed E-state index contributed by atoms with van der Waals surface area (Å²) in [4.78, 5) is 0. The molecule has 108 valence electrons. The van der Waals surface area contributed by atoms with Crippen molar-refractivity contribution in [2.45, 2.75) is 12.5 Å². The fraction of sp³-hybridized carbons (Fsp3) is 0.250. The average Bonchev–Trinajstić information content (AvgIpc) is 2.45. The highest BCUT2D eigenvalue weighted by Crippen LogP contribution is 2.26. The first-order valence-electron chi connectivity index (χ1n) is 6.47. The minimum atomic E-state index is -0.00394. The van der Waals surface area contributed by atoms with Gasteiger partial charge in [0.1, 0.15) is 5.75 Å². The van der Waals surface area contributed by atoms with Crippen LogP contribution < -0.4 is 5.32 Å². The van der Waals surface area contributed by atoms with Gasteiger partial charge >= 0.3 is 0 Å². The smallest absolute Gasteiger partial charge is 0.120 e. The van der Waals surface area contributed by atoms with Gasteiger partial charge in [0.05, 0.1) is 6.61 Å². The highest BCUT2D eigenvalue weighted by Gasteiger charge is 2.14. The highest BCUT2D eigenvalue weighted by molar-refractivity contribution is 5.85. The number of phenols is 1. The van der Waals surface area contributed by atoms with Gasteiger partial charge in [0, 0.05) is 18.2 Å². The quantitative estimate of drug-likeness (QED) is 0.767. The molecule has 20 heavy (non-hydrogen) atoms. The lowest BCUT2D eigenvalue weighted by atomic mass is 9.98. The van der Waals surface area contributed by atoms with E-state index in [1.165, 1.54) is 5.56 Å². The summed E-state index contributed by atoms with van der Waals surface area (Å²) >= 11 is 0. The lowest BCUT2D eigenvalue weighted by Gasteiger charge is -2.20. The Kier molecular flexibility index (Phi) is 7.09. The number of rotatable bonds is 6. The van der Waals surface area contributed by atoms with Crippen LogP contribution in [0.3, 0.4) is 0 Å². The molecule has 0 aliphatic rings. The Labute approximate surface area is 125 Å². The molecule has 0 radical (unpaired) electrons. The molecule has 0 spiro atoms. The Hall–Kier alpha value is -1.55. The topological polar surface area (TPSA) is 52.5 Å². The maximum absolute atomic E-state index is 9.96. The SMILES string of the molecule is Cl.OCCNC(Cc1ccccc1)c1ccccc1O. The van der Waals surface area contributed by atoms with Gasteiger partial charge in [-0.05, 0) is 18.1 Å². The summed E-state index contributed by atoms with van der Waals surface area (Å²) in [6.07, 6.45) is 0.776. The molecule has 0 saturated carbocycles. The number of nitrogens with one attached hydrogen (secondary N) is 1. The monoisotopic (exact) mass is 293 g/mol. The van der Waals surface area contributed by atoms with Crippen LogP contribution in [0.4, 0.5) is 0 Å². The zero-order valence-corrected chi connectivity index (χ0v) is 12.0. The van der Waals surface area contributed by atoms with E-state index in [0.29, 0.717) is 6.54 Å². The van der Waals surface area contributed by atoms with Crippen molar-refractivity contribution in [1.82, 2.24) is 5.32 Å². The molecule has 1 atom stereocenters. The van der Waals surface area contributed by atoms with Crippen molar-refractivity contribution in [3.63, 3.8) is 0 Å². The van der Waals surface area contributed by atoms with Gasteiger partial charge in [0.15, 0.2) is 0 Å². The van der Waals surface area contributed by atoms with Crippen LogP contribution in [0.2, 0.25) is 0 Å². The summed E-state index contributed by atoms with van der Waals surface area (Å²) in [6, 6.07) is 17.4. The minimum Gasteiger partial charge on any atom is -0.508 e. The summed E-state index contributed by atoms with van der Waals surface area (Å²) in [7, 11) is 0. The molecule has 0 aliphatic heterocycles. The van der Waals surface area contributed by atoms with Crippen LogP contribution in [-0.2, 0) is 6.42 Å². The lowest BCUT2D eigenvalue weighted by molar-refractivity contribution is 0.283. The largest absolute Gasteiger partial charge is 0.508 e. The normalized spacial score (nSPS) is 11.7. The number of benzene rings is 2. The van der Waals surface area contributed by atoms with Crippen molar-refractivity contribution in [3.05, 3.63) is 65.7 Å². The minimum absolute atomic E-state index is 0. The highest BCUT2D eigenvalue weighted by atomic mass is 35.5. The molecule has 2 aromatic carbocycles. The van der Waals surface area contributed by atoms with Crippen molar-refractivity contribution >= 4 is 12.4 Å². The second-order valence-electron chi connectivity index (χ2n) is 4.48. The second kappa shape index (κ2) is 8.59. The molecule has 0 fully saturated rings. The maximum atomic E-state index is 9.96. The van der Waals surface area contributed by atoms with E-state index in [0.717, 1.165) is 12.0 Å². The summed E-state index contributed by atoms with van der Waals surface area (Å²) < 4.78 is 0. The Bertz CT molecular complexity index is 505. The number of para-hydroxylation sites is 1. The predicted octanol–water partition coefficient (Wildman–Crippen LogP) is 2.68. The first-order chi connectivity index (χ1) is 9.31. The van der Waals surface area contributed by atoms with Crippen LogP contribution in [-0.4, -0.2) is 23.4 Å². The lowest BCUT2D eigenvalue weighted by Crippen LogP contribution is -2.26. The van der Waals surface area contributed by atoms with E-state index in [2.05, 4.69) is 17.4 Å². The Morgan fingerprint density at radius 1 is 0.950 bits per heavy atom. The Balaban J connectivity index is 0.00000200. The number of halogens is 1. The van der Waals surface area contributed by atoms with E-state index >= 15 is 0 Å². The van der Waals surface area contributed by atoms with E-state index < -0.39 is 0 Å². The molecule has 0 aliphatic carbocycles. The van der Waals surface area contributed by atoms with E-state index in [4.69, 9.17) is 5.11 Å². The number of aliphatic hydroxyl groups excluding tert-OH is 1. The van der Waals surface area contributed by atoms with Gasteiger partial charge in [-0.2, -0.15) is 0 Å². The Morgan fingerprint density at radius 2 is 1.60 bits per heavy atom. The molecule has 0 amide bonds. The zero-order chi connectivity index (χ0) is 13.5. The first-order valence-corrected chi connectivity index (χ1v) is 6.47. The van der Waals surface area contributed by atoms with Crippen molar-refractivity contribution in [2.24, 2.45) is 0 Å². The predicted molar refractivity (Wildman–Crippen MR) is 83.3 cm³/mol. The fourth-order valence-corrected chi connectivity index (χ4v) is 2.16. The van der Waals surface area contributed by atoms with Gasteiger partial charge in [0.25, 0.3) is 0 Å². The standard InChI is InChI=1S/C16H19NO2.ClH/c18-11-10-17-15(12-13-6-2-1-3-7-13)14-8-4-5-9-16(14)19;/h1-9,15,17-19H,10-12H2;1H. The van der Waals surface area contributed by atoms with Gasteiger partial charge in [-0.15, -0.1) is 12.4 Å². The van der Waals surface area contributed by atoms with Gasteiger partial charge in [-0.1, -0.05) is 48.5 Å². The van der Waals surface area contributed by atoms with Crippen LogP contribution in [0.5, 0.6) is 5.75 Å².